The Morgan fingerprint density at radius 1 is 1.27 bits per heavy atom. The second-order valence-electron chi connectivity index (χ2n) is 14.7. The number of unbranched alkanes of at least 4 members (excludes halogenated alkanes) is 3. The van der Waals surface area contributed by atoms with Crippen molar-refractivity contribution in [1.29, 1.82) is 10.7 Å². The van der Waals surface area contributed by atoms with Crippen LogP contribution in [0.2, 0.25) is 0 Å². The predicted molar refractivity (Wildman–Crippen MR) is 215 cm³/mol. The predicted octanol–water partition coefficient (Wildman–Crippen LogP) is 7.20. The maximum atomic E-state index is 15.1. The SMILES string of the molecule is C/C=c1/c2c(N3CCCC(C)(O)C3)nc(OCC(C)(CCCC)CCCCC)[nH]c-2c/c(=c2\ncc(F)c3c2=C(C#N)C(=N)S3)c1=NC(C)C.CP. The lowest BCUT2D eigenvalue weighted by Gasteiger charge is -2.38. The van der Waals surface area contributed by atoms with Gasteiger partial charge < -0.3 is 19.7 Å². The first-order chi connectivity index (χ1) is 24.8. The maximum absolute atomic E-state index is 15.1. The van der Waals surface area contributed by atoms with Crippen LogP contribution < -0.4 is 25.4 Å². The summed E-state index contributed by atoms with van der Waals surface area (Å²) in [6, 6.07) is 4.36. The van der Waals surface area contributed by atoms with Gasteiger partial charge in [-0.3, -0.25) is 15.4 Å². The number of aromatic amines is 1. The number of β-amino-alcohol motifs (C(OH)–C–C–N with tert-alkyl or cyclic N) is 1. The summed E-state index contributed by atoms with van der Waals surface area (Å²) in [6.45, 7) is 18.1. The fourth-order valence-electron chi connectivity index (χ4n) is 7.18. The van der Waals surface area contributed by atoms with Crippen molar-refractivity contribution in [2.75, 3.05) is 31.3 Å². The van der Waals surface area contributed by atoms with Crippen molar-refractivity contribution in [2.24, 2.45) is 10.4 Å². The Morgan fingerprint density at radius 3 is 2.62 bits per heavy atom. The van der Waals surface area contributed by atoms with E-state index in [2.05, 4.69) is 50.9 Å². The first-order valence-electron chi connectivity index (χ1n) is 18.7. The second-order valence-corrected chi connectivity index (χ2v) is 15.8. The van der Waals surface area contributed by atoms with Crippen molar-refractivity contribution in [1.82, 2.24) is 15.0 Å². The Kier molecular flexibility index (Phi) is 14.5. The Balaban J connectivity index is 0.00000297. The minimum Gasteiger partial charge on any atom is -0.464 e. The summed E-state index contributed by atoms with van der Waals surface area (Å²) in [5, 5.41) is 32.5. The van der Waals surface area contributed by atoms with Crippen LogP contribution in [0, 0.1) is 38.5 Å². The molecule has 4 aliphatic rings. The molecule has 0 radical (unpaired) electrons. The normalized spacial score (nSPS) is 19.8. The molecule has 52 heavy (non-hydrogen) atoms. The van der Waals surface area contributed by atoms with Gasteiger partial charge in [-0.2, -0.15) is 10.2 Å². The first kappa shape index (κ1) is 41.4. The minimum atomic E-state index is -0.879. The molecule has 0 bridgehead atoms. The number of anilines is 1. The monoisotopic (exact) mass is 749 g/mol. The van der Waals surface area contributed by atoms with Gasteiger partial charge in [0.2, 0.25) is 0 Å². The topological polar surface area (TPSA) is 134 Å². The van der Waals surface area contributed by atoms with E-state index in [-0.39, 0.29) is 27.0 Å². The molecular weight excluding hydrogens is 693 g/mol. The van der Waals surface area contributed by atoms with E-state index in [1.54, 1.807) is 0 Å². The van der Waals surface area contributed by atoms with E-state index in [1.165, 1.54) is 6.42 Å². The largest absolute Gasteiger partial charge is 0.464 e. The molecule has 9 nitrogen and oxygen atoms in total. The number of halogens is 1. The molecule has 5 rings (SSSR count). The minimum absolute atomic E-state index is 0.00277. The molecule has 1 aliphatic carbocycles. The Hall–Kier alpha value is -3.32. The summed E-state index contributed by atoms with van der Waals surface area (Å²) < 4.78 is 21.7. The van der Waals surface area contributed by atoms with Gasteiger partial charge in [0.25, 0.3) is 6.01 Å². The first-order valence-corrected chi connectivity index (χ1v) is 20.7. The molecule has 0 spiro atoms. The Labute approximate surface area is 314 Å². The molecule has 1 aromatic rings. The number of hydrogen-bond donors (Lipinski definition) is 3. The van der Waals surface area contributed by atoms with E-state index in [0.717, 1.165) is 85.9 Å². The zero-order valence-corrected chi connectivity index (χ0v) is 34.2. The number of hydrogen-bond acceptors (Lipinski definition) is 9. The maximum Gasteiger partial charge on any atom is 0.295 e. The van der Waals surface area contributed by atoms with Crippen LogP contribution >= 0.6 is 21.0 Å². The lowest BCUT2D eigenvalue weighted by atomic mass is 9.81. The highest BCUT2D eigenvalue weighted by Crippen LogP contribution is 2.35. The van der Waals surface area contributed by atoms with Gasteiger partial charge >= 0.3 is 0 Å². The van der Waals surface area contributed by atoms with Crippen LogP contribution in [-0.4, -0.2) is 63.1 Å². The zero-order valence-electron chi connectivity index (χ0n) is 32.2. The number of rotatable bonds is 12. The van der Waals surface area contributed by atoms with Gasteiger partial charge in [0.1, 0.15) is 16.9 Å². The standard InChI is InChI=1S/C39H52FN7O2S.CH5P/c1-8-11-13-16-38(6,15-12-9-2)23-49-37-45-29-19-26(33-31-27(20-41)35(42)50-34(31)28(40)21-43-33)32(44-24(4)5)25(10-3)30(29)36(46-37)47-18-14-17-39(7,48)22-47;1-2/h10,19,21,24,42,48H,8-9,11-18,22-23H2,1-7H3,(H,45,46);2H2,1H3/b25-10-,33-26+,42-35?,44-32?;. The molecule has 1 aromatic heterocycles. The number of pyridine rings is 1. The Bertz CT molecular complexity index is 2060. The Morgan fingerprint density at radius 2 is 1.98 bits per heavy atom. The van der Waals surface area contributed by atoms with Gasteiger partial charge in [0.15, 0.2) is 5.82 Å². The van der Waals surface area contributed by atoms with Crippen molar-refractivity contribution >= 4 is 43.5 Å². The molecule has 0 saturated carbocycles. The van der Waals surface area contributed by atoms with E-state index in [4.69, 9.17) is 20.1 Å². The number of nitrogens with one attached hydrogen (secondary N) is 2. The highest BCUT2D eigenvalue weighted by molar-refractivity contribution is 8.15. The highest BCUT2D eigenvalue weighted by atomic mass is 32.2. The summed E-state index contributed by atoms with van der Waals surface area (Å²) >= 11 is 0.939. The summed E-state index contributed by atoms with van der Waals surface area (Å²) in [5.41, 5.74) is 0.765. The van der Waals surface area contributed by atoms with Crippen LogP contribution in [0.1, 0.15) is 106 Å². The van der Waals surface area contributed by atoms with Crippen molar-refractivity contribution in [2.45, 2.75) is 123 Å². The summed E-state index contributed by atoms with van der Waals surface area (Å²) in [5.74, 6) is 0.138. The van der Waals surface area contributed by atoms with Crippen LogP contribution in [0.15, 0.2) is 22.2 Å². The summed E-state index contributed by atoms with van der Waals surface area (Å²) in [6.07, 6.45) is 12.6. The second kappa shape index (κ2) is 18.1. The molecule has 12 heteroatoms. The third kappa shape index (κ3) is 9.24. The number of fused-ring (bicyclic) bond motifs is 2. The van der Waals surface area contributed by atoms with E-state index < -0.39 is 11.4 Å². The summed E-state index contributed by atoms with van der Waals surface area (Å²) in [7, 11) is 2.42. The van der Waals surface area contributed by atoms with Gasteiger partial charge in [-0.1, -0.05) is 77.4 Å². The molecule has 0 amide bonds. The molecule has 3 aliphatic heterocycles. The van der Waals surface area contributed by atoms with E-state index in [0.29, 0.717) is 52.5 Å². The van der Waals surface area contributed by atoms with Crippen LogP contribution in [0.25, 0.3) is 22.9 Å². The number of thioether (sulfide) groups is 1. The average Bonchev–Trinajstić information content (AvgIpc) is 3.46. The number of nitriles is 1. The number of ether oxygens (including phenoxy) is 1. The molecular formula is C40H57FN7O2PS. The quantitative estimate of drug-likeness (QED) is 0.132. The third-order valence-electron chi connectivity index (χ3n) is 9.77. The molecule has 1 fully saturated rings. The van der Waals surface area contributed by atoms with Gasteiger partial charge in [0.05, 0.1) is 50.8 Å². The van der Waals surface area contributed by atoms with Crippen LogP contribution in [-0.2, 0) is 0 Å². The highest BCUT2D eigenvalue weighted by Gasteiger charge is 2.33. The summed E-state index contributed by atoms with van der Waals surface area (Å²) in [4.78, 5) is 20.6. The fraction of sp³-hybridized carbons (Fsp3) is 0.575. The molecule has 0 aromatic carbocycles. The van der Waals surface area contributed by atoms with Crippen LogP contribution in [0.4, 0.5) is 10.2 Å². The van der Waals surface area contributed by atoms with Crippen molar-refractivity contribution in [3.05, 3.63) is 44.4 Å². The molecule has 282 valence electrons. The van der Waals surface area contributed by atoms with Crippen LogP contribution in [0.5, 0.6) is 6.01 Å². The smallest absolute Gasteiger partial charge is 0.295 e. The van der Waals surface area contributed by atoms with E-state index in [9.17, 15) is 10.4 Å². The zero-order chi connectivity index (χ0) is 38.2. The molecule has 3 unspecified atom stereocenters. The number of piperidine rings is 1. The van der Waals surface area contributed by atoms with Crippen LogP contribution in [0.3, 0.4) is 0 Å². The van der Waals surface area contributed by atoms with Gasteiger partial charge in [-0.15, -0.1) is 9.24 Å². The third-order valence-corrected chi connectivity index (χ3v) is 10.8. The van der Waals surface area contributed by atoms with E-state index in [1.807, 2.05) is 46.5 Å². The molecule has 4 heterocycles. The number of aliphatic hydroxyl groups is 1. The lowest BCUT2D eigenvalue weighted by Crippen LogP contribution is -2.47. The van der Waals surface area contributed by atoms with Crippen molar-refractivity contribution < 1.29 is 14.2 Å². The molecule has 3 atom stereocenters. The fourth-order valence-corrected chi connectivity index (χ4v) is 8.09. The van der Waals surface area contributed by atoms with Crippen molar-refractivity contribution in [3.63, 3.8) is 0 Å². The number of aromatic nitrogens is 3. The van der Waals surface area contributed by atoms with Gasteiger partial charge in [-0.05, 0) is 59.4 Å². The number of H-pyrrole nitrogens is 1. The van der Waals surface area contributed by atoms with E-state index >= 15 is 4.39 Å². The molecule has 1 saturated heterocycles. The average molecular weight is 750 g/mol. The number of benzene rings is 1. The molecule has 3 N–H and O–H groups in total. The number of nitrogens with zero attached hydrogens (tertiary/aromatic N) is 5. The van der Waals surface area contributed by atoms with Gasteiger partial charge in [0, 0.05) is 40.2 Å². The lowest BCUT2D eigenvalue weighted by molar-refractivity contribution is 0.0446. The van der Waals surface area contributed by atoms with Gasteiger partial charge in [-0.25, -0.2) is 4.39 Å². The van der Waals surface area contributed by atoms with Crippen molar-refractivity contribution in [3.8, 4) is 23.3 Å².